The zero-order valence-corrected chi connectivity index (χ0v) is 17.9. The summed E-state index contributed by atoms with van der Waals surface area (Å²) in [7, 11) is 3.34. The van der Waals surface area contributed by atoms with Crippen LogP contribution in [0.3, 0.4) is 0 Å². The highest BCUT2D eigenvalue weighted by molar-refractivity contribution is 5.92. The molecule has 0 aliphatic rings. The van der Waals surface area contributed by atoms with Crippen molar-refractivity contribution in [1.82, 2.24) is 19.9 Å². The van der Waals surface area contributed by atoms with Gasteiger partial charge in [0.15, 0.2) is 5.75 Å². The van der Waals surface area contributed by atoms with Gasteiger partial charge in [-0.1, -0.05) is 0 Å². The summed E-state index contributed by atoms with van der Waals surface area (Å²) in [5.41, 5.74) is 11.0. The van der Waals surface area contributed by atoms with E-state index in [1.807, 2.05) is 42.7 Å². The summed E-state index contributed by atoms with van der Waals surface area (Å²) >= 11 is 0. The second-order valence-corrected chi connectivity index (χ2v) is 7.54. The van der Waals surface area contributed by atoms with E-state index in [0.29, 0.717) is 5.82 Å². The van der Waals surface area contributed by atoms with Gasteiger partial charge in [-0.05, 0) is 54.8 Å². The number of H-pyrrole nitrogens is 2. The Labute approximate surface area is 184 Å². The predicted molar refractivity (Wildman–Crippen MR) is 127 cm³/mol. The topological polar surface area (TPSA) is 114 Å². The van der Waals surface area contributed by atoms with Crippen LogP contribution in [0.1, 0.15) is 11.1 Å². The molecule has 3 heterocycles. The second kappa shape index (κ2) is 8.14. The van der Waals surface area contributed by atoms with Gasteiger partial charge < -0.3 is 30.5 Å². The number of fused-ring (bicyclic) bond motifs is 2. The lowest BCUT2D eigenvalue weighted by Gasteiger charge is -2.14. The van der Waals surface area contributed by atoms with Crippen molar-refractivity contribution >= 4 is 39.3 Å². The predicted octanol–water partition coefficient (Wildman–Crippen LogP) is 4.57. The fraction of sp³-hybridized carbons (Fsp3) is 0.167. The first-order chi connectivity index (χ1) is 15.7. The zero-order chi connectivity index (χ0) is 22.1. The summed E-state index contributed by atoms with van der Waals surface area (Å²) < 4.78 is 11.1. The van der Waals surface area contributed by atoms with Crippen molar-refractivity contribution in [3.8, 4) is 11.5 Å². The number of hydrogen-bond donors (Lipinski definition) is 4. The quantitative estimate of drug-likeness (QED) is 0.302. The molecule has 162 valence electrons. The molecule has 0 saturated carbocycles. The van der Waals surface area contributed by atoms with Crippen molar-refractivity contribution in [1.29, 1.82) is 0 Å². The lowest BCUT2D eigenvalue weighted by molar-refractivity contribution is 0.415. The van der Waals surface area contributed by atoms with Gasteiger partial charge in [0.2, 0.25) is 5.95 Å². The van der Waals surface area contributed by atoms with Crippen molar-refractivity contribution in [2.75, 3.05) is 25.3 Å². The summed E-state index contributed by atoms with van der Waals surface area (Å²) in [6, 6.07) is 12.0. The molecule has 0 amide bonds. The highest BCUT2D eigenvalue weighted by Crippen LogP contribution is 2.35. The highest BCUT2D eigenvalue weighted by Gasteiger charge is 2.14. The lowest BCUT2D eigenvalue weighted by atomic mass is 10.0. The Bertz CT molecular complexity index is 1400. The van der Waals surface area contributed by atoms with Gasteiger partial charge in [-0.25, -0.2) is 4.98 Å². The molecule has 5 aromatic rings. The van der Waals surface area contributed by atoms with E-state index in [4.69, 9.17) is 15.2 Å². The summed E-state index contributed by atoms with van der Waals surface area (Å²) in [6.45, 7) is 0. The van der Waals surface area contributed by atoms with Gasteiger partial charge in [-0.2, -0.15) is 4.98 Å². The van der Waals surface area contributed by atoms with E-state index >= 15 is 0 Å². The van der Waals surface area contributed by atoms with E-state index < -0.39 is 0 Å². The van der Waals surface area contributed by atoms with E-state index in [9.17, 15) is 0 Å². The van der Waals surface area contributed by atoms with Crippen molar-refractivity contribution in [2.45, 2.75) is 12.8 Å². The van der Waals surface area contributed by atoms with Crippen LogP contribution in [0.15, 0.2) is 55.0 Å². The number of methoxy groups -OCH3 is 2. The molecule has 0 spiro atoms. The van der Waals surface area contributed by atoms with Gasteiger partial charge in [0.05, 0.1) is 19.9 Å². The van der Waals surface area contributed by atoms with Crippen LogP contribution in [0.5, 0.6) is 11.5 Å². The Morgan fingerprint density at radius 3 is 2.59 bits per heavy atom. The Hall–Kier alpha value is -4.20. The molecule has 0 bridgehead atoms. The normalized spacial score (nSPS) is 11.2. The average molecular weight is 428 g/mol. The SMILES string of the molecule is COc1ccc2[nH]cc(CCc3cnc(N)nc3Nc3ccc4[nH]ccc4c3OC)c2c1. The lowest BCUT2D eigenvalue weighted by Crippen LogP contribution is -2.06. The summed E-state index contributed by atoms with van der Waals surface area (Å²) in [5.74, 6) is 2.47. The first kappa shape index (κ1) is 19.7. The summed E-state index contributed by atoms with van der Waals surface area (Å²) in [5, 5.41) is 5.54. The third kappa shape index (κ3) is 3.56. The van der Waals surface area contributed by atoms with Crippen LogP contribution >= 0.6 is 0 Å². The van der Waals surface area contributed by atoms with Crippen LogP contribution in [0.25, 0.3) is 21.8 Å². The molecule has 3 aromatic heterocycles. The number of anilines is 3. The molecule has 5 N–H and O–H groups in total. The van der Waals surface area contributed by atoms with Crippen molar-refractivity contribution in [3.63, 3.8) is 0 Å². The monoisotopic (exact) mass is 428 g/mol. The number of benzene rings is 2. The number of hydrogen-bond acceptors (Lipinski definition) is 6. The largest absolute Gasteiger partial charge is 0.497 e. The molecule has 2 aromatic carbocycles. The number of ether oxygens (including phenoxy) is 2. The molecule has 0 fully saturated rings. The van der Waals surface area contributed by atoms with Gasteiger partial charge in [-0.3, -0.25) is 0 Å². The third-order valence-corrected chi connectivity index (χ3v) is 5.66. The molecule has 5 rings (SSSR count). The number of nitrogen functional groups attached to an aromatic ring is 1. The van der Waals surface area contributed by atoms with Crippen LogP contribution < -0.4 is 20.5 Å². The van der Waals surface area contributed by atoms with Gasteiger partial charge in [0.25, 0.3) is 0 Å². The minimum Gasteiger partial charge on any atom is -0.497 e. The average Bonchev–Trinajstić information content (AvgIpc) is 3.45. The first-order valence-electron chi connectivity index (χ1n) is 10.3. The van der Waals surface area contributed by atoms with E-state index in [-0.39, 0.29) is 5.95 Å². The minimum atomic E-state index is 0.217. The van der Waals surface area contributed by atoms with Crippen molar-refractivity contribution < 1.29 is 9.47 Å². The molecule has 0 atom stereocenters. The molecule has 0 radical (unpaired) electrons. The number of aromatic nitrogens is 4. The van der Waals surface area contributed by atoms with E-state index in [2.05, 4.69) is 31.3 Å². The van der Waals surface area contributed by atoms with Crippen LogP contribution in [-0.4, -0.2) is 34.2 Å². The maximum Gasteiger partial charge on any atom is 0.221 e. The molecule has 0 aliphatic heterocycles. The standard InChI is InChI=1S/C24H24N6O2/c1-31-16-5-6-20-18(11-16)14(12-27-20)3-4-15-13-28-24(25)30-23(15)29-21-8-7-19-17(9-10-26-19)22(21)32-2/h5-13,26-27H,3-4H2,1-2H3,(H3,25,28,29,30). The Balaban J connectivity index is 1.44. The van der Waals surface area contributed by atoms with E-state index in [0.717, 1.165) is 57.4 Å². The van der Waals surface area contributed by atoms with Gasteiger partial charge in [0.1, 0.15) is 11.6 Å². The number of nitrogens with two attached hydrogens (primary N) is 1. The van der Waals surface area contributed by atoms with Gasteiger partial charge in [-0.15, -0.1) is 0 Å². The number of nitrogens with zero attached hydrogens (tertiary/aromatic N) is 2. The third-order valence-electron chi connectivity index (χ3n) is 5.66. The smallest absolute Gasteiger partial charge is 0.221 e. The Morgan fingerprint density at radius 1 is 0.938 bits per heavy atom. The summed E-state index contributed by atoms with van der Waals surface area (Å²) in [6.07, 6.45) is 7.26. The van der Waals surface area contributed by atoms with Crippen molar-refractivity contribution in [3.05, 3.63) is 66.1 Å². The highest BCUT2D eigenvalue weighted by atomic mass is 16.5. The number of nitrogens with one attached hydrogen (secondary N) is 3. The van der Waals surface area contributed by atoms with Crippen molar-refractivity contribution in [2.24, 2.45) is 0 Å². The van der Waals surface area contributed by atoms with Gasteiger partial charge in [0, 0.05) is 46.0 Å². The molecule has 0 saturated heterocycles. The molecular weight excluding hydrogens is 404 g/mol. The molecule has 8 heteroatoms. The maximum absolute atomic E-state index is 5.91. The second-order valence-electron chi connectivity index (χ2n) is 7.54. The first-order valence-corrected chi connectivity index (χ1v) is 10.3. The maximum atomic E-state index is 5.91. The Kier molecular flexibility index (Phi) is 5.03. The van der Waals surface area contributed by atoms with Crippen LogP contribution in [-0.2, 0) is 12.8 Å². The number of aryl methyl sites for hydroxylation is 2. The molecular formula is C24H24N6O2. The van der Waals surface area contributed by atoms with E-state index in [1.165, 1.54) is 5.56 Å². The fourth-order valence-corrected chi connectivity index (χ4v) is 4.02. The molecule has 8 nitrogen and oxygen atoms in total. The van der Waals surface area contributed by atoms with Crippen LogP contribution in [0, 0.1) is 0 Å². The zero-order valence-electron chi connectivity index (χ0n) is 17.9. The van der Waals surface area contributed by atoms with Gasteiger partial charge >= 0.3 is 0 Å². The number of rotatable bonds is 7. The Morgan fingerprint density at radius 2 is 1.75 bits per heavy atom. The van der Waals surface area contributed by atoms with Crippen LogP contribution in [0.4, 0.5) is 17.5 Å². The summed E-state index contributed by atoms with van der Waals surface area (Å²) in [4.78, 5) is 15.2. The fourth-order valence-electron chi connectivity index (χ4n) is 4.02. The molecule has 0 aliphatic carbocycles. The molecule has 32 heavy (non-hydrogen) atoms. The van der Waals surface area contributed by atoms with E-state index in [1.54, 1.807) is 20.4 Å². The van der Waals surface area contributed by atoms with Crippen LogP contribution in [0.2, 0.25) is 0 Å². The minimum absolute atomic E-state index is 0.217. The molecule has 0 unspecified atom stereocenters. The number of aromatic amines is 2.